The summed E-state index contributed by atoms with van der Waals surface area (Å²) in [7, 11) is 0. The Morgan fingerprint density at radius 3 is 2.40 bits per heavy atom. The number of anilines is 1. The van der Waals surface area contributed by atoms with Gasteiger partial charge in [0, 0.05) is 5.69 Å². The second-order valence-electron chi connectivity index (χ2n) is 4.87. The molecule has 1 N–H and O–H groups in total. The number of hydrogen-bond donors (Lipinski definition) is 1. The Bertz CT molecular complexity index is 592. The summed E-state index contributed by atoms with van der Waals surface area (Å²) in [4.78, 5) is 12.0. The predicted molar refractivity (Wildman–Crippen MR) is 79.5 cm³/mol. The molecule has 0 saturated carbocycles. The number of nitrogens with one attached hydrogen (secondary N) is 1. The van der Waals surface area contributed by atoms with E-state index in [2.05, 4.69) is 19.2 Å². The van der Waals surface area contributed by atoms with Crippen molar-refractivity contribution in [2.45, 2.75) is 26.2 Å². The molecule has 1 amide bonds. The van der Waals surface area contributed by atoms with E-state index in [0.29, 0.717) is 11.6 Å². The van der Waals surface area contributed by atoms with Gasteiger partial charge >= 0.3 is 0 Å². The molecule has 20 heavy (non-hydrogen) atoms. The highest BCUT2D eigenvalue weighted by Gasteiger charge is 2.11. The fourth-order valence-corrected chi connectivity index (χ4v) is 1.97. The molecule has 2 nitrogen and oxygen atoms in total. The van der Waals surface area contributed by atoms with Gasteiger partial charge in [0.05, 0.1) is 5.56 Å². The van der Waals surface area contributed by atoms with Gasteiger partial charge in [-0.15, -0.1) is 0 Å². The summed E-state index contributed by atoms with van der Waals surface area (Å²) >= 11 is 0. The van der Waals surface area contributed by atoms with Crippen LogP contribution in [0, 0.1) is 5.82 Å². The van der Waals surface area contributed by atoms with Crippen molar-refractivity contribution in [2.24, 2.45) is 0 Å². The molecule has 0 aliphatic carbocycles. The van der Waals surface area contributed by atoms with Gasteiger partial charge in [0.15, 0.2) is 0 Å². The molecular formula is C17H18FNO. The van der Waals surface area contributed by atoms with Crippen molar-refractivity contribution in [3.63, 3.8) is 0 Å². The highest BCUT2D eigenvalue weighted by atomic mass is 19.1. The lowest BCUT2D eigenvalue weighted by atomic mass is 9.98. The fraction of sp³-hybridized carbons (Fsp3) is 0.235. The number of carbonyl (C=O) groups is 1. The Labute approximate surface area is 118 Å². The van der Waals surface area contributed by atoms with E-state index in [-0.39, 0.29) is 5.56 Å². The molecule has 0 saturated heterocycles. The van der Waals surface area contributed by atoms with Gasteiger partial charge in [0.25, 0.3) is 5.91 Å². The summed E-state index contributed by atoms with van der Waals surface area (Å²) in [5, 5.41) is 2.70. The van der Waals surface area contributed by atoms with Gasteiger partial charge in [-0.3, -0.25) is 4.79 Å². The van der Waals surface area contributed by atoms with Crippen LogP contribution < -0.4 is 5.32 Å². The van der Waals surface area contributed by atoms with Crippen LogP contribution in [0.3, 0.4) is 0 Å². The molecule has 2 rings (SSSR count). The van der Waals surface area contributed by atoms with Crippen molar-refractivity contribution >= 4 is 11.6 Å². The summed E-state index contributed by atoms with van der Waals surface area (Å²) < 4.78 is 13.5. The monoisotopic (exact) mass is 271 g/mol. The molecule has 0 fully saturated rings. The van der Waals surface area contributed by atoms with E-state index >= 15 is 0 Å². The molecule has 1 atom stereocenters. The van der Waals surface area contributed by atoms with Gasteiger partial charge in [0.1, 0.15) is 5.82 Å². The zero-order chi connectivity index (χ0) is 14.5. The van der Waals surface area contributed by atoms with Crippen LogP contribution in [0.1, 0.15) is 42.1 Å². The molecular weight excluding hydrogens is 253 g/mol. The molecule has 2 aromatic carbocycles. The Morgan fingerprint density at radius 2 is 1.80 bits per heavy atom. The highest BCUT2D eigenvalue weighted by Crippen LogP contribution is 2.21. The number of amides is 1. The lowest BCUT2D eigenvalue weighted by Gasteiger charge is -2.10. The first-order valence-electron chi connectivity index (χ1n) is 6.77. The first kappa shape index (κ1) is 14.3. The summed E-state index contributed by atoms with van der Waals surface area (Å²) in [5.41, 5.74) is 1.96. The van der Waals surface area contributed by atoms with Gasteiger partial charge in [-0.1, -0.05) is 38.1 Å². The molecule has 0 aliphatic heterocycles. The van der Waals surface area contributed by atoms with Crippen LogP contribution in [0.2, 0.25) is 0 Å². The molecule has 0 aliphatic rings. The van der Waals surface area contributed by atoms with Crippen LogP contribution in [0.5, 0.6) is 0 Å². The third kappa shape index (κ3) is 3.23. The number of carbonyl (C=O) groups excluding carboxylic acids is 1. The molecule has 2 aromatic rings. The van der Waals surface area contributed by atoms with E-state index in [1.54, 1.807) is 12.1 Å². The molecule has 0 radical (unpaired) electrons. The minimum absolute atomic E-state index is 0.0542. The lowest BCUT2D eigenvalue weighted by molar-refractivity contribution is 0.102. The van der Waals surface area contributed by atoms with Crippen LogP contribution >= 0.6 is 0 Å². The van der Waals surface area contributed by atoms with Gasteiger partial charge in [0.2, 0.25) is 0 Å². The minimum atomic E-state index is -0.513. The molecule has 0 bridgehead atoms. The fourth-order valence-electron chi connectivity index (χ4n) is 1.97. The first-order chi connectivity index (χ1) is 9.61. The van der Waals surface area contributed by atoms with Crippen molar-refractivity contribution in [1.29, 1.82) is 0 Å². The number of halogens is 1. The largest absolute Gasteiger partial charge is 0.322 e. The molecule has 0 aromatic heterocycles. The van der Waals surface area contributed by atoms with Gasteiger partial charge < -0.3 is 5.32 Å². The maximum absolute atomic E-state index is 13.5. The van der Waals surface area contributed by atoms with Crippen LogP contribution in [0.15, 0.2) is 48.5 Å². The molecule has 104 valence electrons. The van der Waals surface area contributed by atoms with Gasteiger partial charge in [-0.05, 0) is 42.2 Å². The number of rotatable bonds is 4. The zero-order valence-electron chi connectivity index (χ0n) is 11.7. The standard InChI is InChI=1S/C17H18FNO/c1-3-12(2)13-8-10-14(11-9-13)19-17(20)15-6-4-5-7-16(15)18/h4-12H,3H2,1-2H3,(H,19,20)/t12-/m0/s1. The Morgan fingerprint density at radius 1 is 1.15 bits per heavy atom. The van der Waals surface area contributed by atoms with Gasteiger partial charge in [-0.25, -0.2) is 4.39 Å². The Balaban J connectivity index is 2.11. The Hall–Kier alpha value is -2.16. The summed E-state index contributed by atoms with van der Waals surface area (Å²) in [6.07, 6.45) is 1.07. The first-order valence-corrected chi connectivity index (χ1v) is 6.77. The number of benzene rings is 2. The van der Waals surface area contributed by atoms with Crippen molar-refractivity contribution in [3.05, 3.63) is 65.5 Å². The topological polar surface area (TPSA) is 29.1 Å². The third-order valence-electron chi connectivity index (χ3n) is 3.47. The van der Waals surface area contributed by atoms with Crippen LogP contribution in [-0.4, -0.2) is 5.91 Å². The second-order valence-corrected chi connectivity index (χ2v) is 4.87. The van der Waals surface area contributed by atoms with E-state index in [0.717, 1.165) is 6.42 Å². The highest BCUT2D eigenvalue weighted by molar-refractivity contribution is 6.04. The predicted octanol–water partition coefficient (Wildman–Crippen LogP) is 4.59. The smallest absolute Gasteiger partial charge is 0.258 e. The normalized spacial score (nSPS) is 11.9. The van der Waals surface area contributed by atoms with Crippen molar-refractivity contribution in [2.75, 3.05) is 5.32 Å². The van der Waals surface area contributed by atoms with E-state index < -0.39 is 11.7 Å². The minimum Gasteiger partial charge on any atom is -0.322 e. The van der Waals surface area contributed by atoms with Crippen molar-refractivity contribution in [1.82, 2.24) is 0 Å². The lowest BCUT2D eigenvalue weighted by Crippen LogP contribution is -2.13. The van der Waals surface area contributed by atoms with Crippen LogP contribution in [0.4, 0.5) is 10.1 Å². The molecule has 3 heteroatoms. The van der Waals surface area contributed by atoms with Crippen molar-refractivity contribution < 1.29 is 9.18 Å². The maximum Gasteiger partial charge on any atom is 0.258 e. The third-order valence-corrected chi connectivity index (χ3v) is 3.47. The van der Waals surface area contributed by atoms with Crippen LogP contribution in [0.25, 0.3) is 0 Å². The average Bonchev–Trinajstić information content (AvgIpc) is 2.47. The van der Waals surface area contributed by atoms with Crippen molar-refractivity contribution in [3.8, 4) is 0 Å². The average molecular weight is 271 g/mol. The summed E-state index contributed by atoms with van der Waals surface area (Å²) in [5.74, 6) is -0.452. The summed E-state index contributed by atoms with van der Waals surface area (Å²) in [6, 6.07) is 13.6. The number of hydrogen-bond acceptors (Lipinski definition) is 1. The zero-order valence-corrected chi connectivity index (χ0v) is 11.7. The van der Waals surface area contributed by atoms with Gasteiger partial charge in [-0.2, -0.15) is 0 Å². The van der Waals surface area contributed by atoms with Crippen LogP contribution in [-0.2, 0) is 0 Å². The molecule has 0 unspecified atom stereocenters. The second kappa shape index (κ2) is 6.33. The van der Waals surface area contributed by atoms with E-state index in [1.165, 1.54) is 17.7 Å². The maximum atomic E-state index is 13.5. The van der Waals surface area contributed by atoms with E-state index in [9.17, 15) is 9.18 Å². The molecule has 0 spiro atoms. The molecule has 0 heterocycles. The SMILES string of the molecule is CC[C@H](C)c1ccc(NC(=O)c2ccccc2F)cc1. The summed E-state index contributed by atoms with van der Waals surface area (Å²) in [6.45, 7) is 4.30. The Kier molecular flexibility index (Phi) is 4.51. The van der Waals surface area contributed by atoms with E-state index in [1.807, 2.05) is 24.3 Å². The van der Waals surface area contributed by atoms with E-state index in [4.69, 9.17) is 0 Å². The quantitative estimate of drug-likeness (QED) is 0.865.